The maximum absolute atomic E-state index is 14.2. The normalized spacial score (nSPS) is 12.0. The maximum atomic E-state index is 14.2. The highest BCUT2D eigenvalue weighted by Crippen LogP contribution is 2.33. The largest absolute Gasteiger partial charge is 0.493 e. The summed E-state index contributed by atoms with van der Waals surface area (Å²) < 4.78 is 53.8. The highest BCUT2D eigenvalue weighted by Gasteiger charge is 2.34. The van der Waals surface area contributed by atoms with E-state index >= 15 is 0 Å². The van der Waals surface area contributed by atoms with E-state index in [0.717, 1.165) is 15.4 Å². The molecule has 0 fully saturated rings. The molecule has 2 amide bonds. The number of anilines is 1. The van der Waals surface area contributed by atoms with Gasteiger partial charge in [-0.2, -0.15) is 0 Å². The van der Waals surface area contributed by atoms with E-state index in [-0.39, 0.29) is 35.6 Å². The average molecular weight is 614 g/mol. The van der Waals surface area contributed by atoms with Crippen molar-refractivity contribution in [2.45, 2.75) is 64.6 Å². The molecule has 3 rings (SSSR count). The van der Waals surface area contributed by atoms with Gasteiger partial charge in [-0.3, -0.25) is 13.9 Å². The van der Waals surface area contributed by atoms with Crippen molar-refractivity contribution in [3.8, 4) is 11.5 Å². The minimum Gasteiger partial charge on any atom is -0.493 e. The number of sulfonamides is 1. The molecule has 3 aromatic rings. The number of halogens is 1. The van der Waals surface area contributed by atoms with E-state index in [1.54, 1.807) is 19.1 Å². The standard InChI is InChI=1S/C32H40FN3O6S/c1-8-28(32(38)34-21(2)3)35(19-24-9-11-25(33)12-10-24)31(37)20-36(26-16-22(4)15-23(5)17-26)43(39,40)27-13-14-29(41-6)30(18-27)42-7/h9-18,21,28H,8,19-20H2,1-7H3,(H,34,38). The fourth-order valence-electron chi connectivity index (χ4n) is 4.81. The van der Waals surface area contributed by atoms with Crippen LogP contribution in [0.5, 0.6) is 11.5 Å². The smallest absolute Gasteiger partial charge is 0.264 e. The summed E-state index contributed by atoms with van der Waals surface area (Å²) in [5.74, 6) is -0.840. The number of carbonyl (C=O) groups is 2. The number of ether oxygens (including phenoxy) is 2. The van der Waals surface area contributed by atoms with Gasteiger partial charge in [0.25, 0.3) is 10.0 Å². The van der Waals surface area contributed by atoms with Crippen molar-refractivity contribution in [3.63, 3.8) is 0 Å². The molecule has 0 bridgehead atoms. The molecule has 1 atom stereocenters. The van der Waals surface area contributed by atoms with Crippen LogP contribution in [-0.2, 0) is 26.2 Å². The van der Waals surface area contributed by atoms with Crippen LogP contribution in [0.3, 0.4) is 0 Å². The lowest BCUT2D eigenvalue weighted by Crippen LogP contribution is -2.53. The van der Waals surface area contributed by atoms with E-state index in [1.807, 2.05) is 33.8 Å². The van der Waals surface area contributed by atoms with Gasteiger partial charge in [-0.15, -0.1) is 0 Å². The van der Waals surface area contributed by atoms with Gasteiger partial charge >= 0.3 is 0 Å². The lowest BCUT2D eigenvalue weighted by molar-refractivity contribution is -0.140. The average Bonchev–Trinajstić information content (AvgIpc) is 2.95. The topological polar surface area (TPSA) is 105 Å². The van der Waals surface area contributed by atoms with Crippen molar-refractivity contribution in [2.24, 2.45) is 0 Å². The lowest BCUT2D eigenvalue weighted by atomic mass is 10.1. The number of hydrogen-bond acceptors (Lipinski definition) is 6. The van der Waals surface area contributed by atoms with Crippen LogP contribution in [0.1, 0.15) is 43.9 Å². The molecule has 0 saturated heterocycles. The third-order valence-electron chi connectivity index (χ3n) is 6.80. The van der Waals surface area contributed by atoms with Gasteiger partial charge < -0.3 is 19.7 Å². The van der Waals surface area contributed by atoms with Gasteiger partial charge in [0.05, 0.1) is 24.8 Å². The minimum atomic E-state index is -4.32. The first-order valence-corrected chi connectivity index (χ1v) is 15.4. The summed E-state index contributed by atoms with van der Waals surface area (Å²) in [5, 5.41) is 2.85. The van der Waals surface area contributed by atoms with E-state index in [2.05, 4.69) is 5.32 Å². The summed E-state index contributed by atoms with van der Waals surface area (Å²) in [6, 6.07) is 14.0. The van der Waals surface area contributed by atoms with Crippen molar-refractivity contribution in [3.05, 3.63) is 83.2 Å². The molecule has 1 N–H and O–H groups in total. The second-order valence-electron chi connectivity index (χ2n) is 10.6. The number of amides is 2. The Bertz CT molecular complexity index is 1520. The molecule has 1 unspecified atom stereocenters. The quantitative estimate of drug-likeness (QED) is 0.291. The summed E-state index contributed by atoms with van der Waals surface area (Å²) in [4.78, 5) is 28.7. The molecule has 0 radical (unpaired) electrons. The molecule has 0 heterocycles. The number of nitrogens with one attached hydrogen (secondary N) is 1. The molecular weight excluding hydrogens is 573 g/mol. The Balaban J connectivity index is 2.13. The molecule has 11 heteroatoms. The van der Waals surface area contributed by atoms with Crippen molar-refractivity contribution < 1.29 is 31.9 Å². The third kappa shape index (κ3) is 8.25. The Morgan fingerprint density at radius 3 is 2.05 bits per heavy atom. The van der Waals surface area contributed by atoms with E-state index in [9.17, 15) is 22.4 Å². The van der Waals surface area contributed by atoms with E-state index in [1.165, 1.54) is 61.6 Å². The van der Waals surface area contributed by atoms with Crippen LogP contribution < -0.4 is 19.1 Å². The monoisotopic (exact) mass is 613 g/mol. The van der Waals surface area contributed by atoms with E-state index in [4.69, 9.17) is 9.47 Å². The van der Waals surface area contributed by atoms with Gasteiger partial charge in [-0.1, -0.05) is 25.1 Å². The molecule has 0 aromatic heterocycles. The Morgan fingerprint density at radius 2 is 1.51 bits per heavy atom. The van der Waals surface area contributed by atoms with Crippen LogP contribution in [0.2, 0.25) is 0 Å². The van der Waals surface area contributed by atoms with E-state index in [0.29, 0.717) is 17.0 Å². The maximum Gasteiger partial charge on any atom is 0.264 e. The molecule has 0 aliphatic rings. The summed E-state index contributed by atoms with van der Waals surface area (Å²) in [5.41, 5.74) is 2.50. The van der Waals surface area contributed by atoms with Gasteiger partial charge in [0.15, 0.2) is 11.5 Å². The molecule has 3 aromatic carbocycles. The Labute approximate surface area is 253 Å². The zero-order chi connectivity index (χ0) is 31.9. The van der Waals surface area contributed by atoms with Gasteiger partial charge in [-0.05, 0) is 87.2 Å². The number of carbonyl (C=O) groups excluding carboxylic acids is 2. The zero-order valence-electron chi connectivity index (χ0n) is 25.7. The molecule has 43 heavy (non-hydrogen) atoms. The highest BCUT2D eigenvalue weighted by molar-refractivity contribution is 7.92. The van der Waals surface area contributed by atoms with E-state index < -0.39 is 34.3 Å². The number of methoxy groups -OCH3 is 2. The molecule has 0 saturated carbocycles. The fraction of sp³-hybridized carbons (Fsp3) is 0.375. The molecule has 0 spiro atoms. The van der Waals surface area contributed by atoms with Crippen molar-refractivity contribution in [1.82, 2.24) is 10.2 Å². The number of rotatable bonds is 13. The molecule has 9 nitrogen and oxygen atoms in total. The molecular formula is C32H40FN3O6S. The number of aryl methyl sites for hydroxylation is 2. The first-order chi connectivity index (χ1) is 20.3. The number of nitrogens with zero attached hydrogens (tertiary/aromatic N) is 2. The van der Waals surface area contributed by atoms with Crippen LogP contribution in [0.15, 0.2) is 65.6 Å². The minimum absolute atomic E-state index is 0.0276. The molecule has 0 aliphatic heterocycles. The molecule has 232 valence electrons. The van der Waals surface area contributed by atoms with Crippen molar-refractivity contribution >= 4 is 27.5 Å². The number of benzene rings is 3. The van der Waals surface area contributed by atoms with Gasteiger partial charge in [-0.25, -0.2) is 12.8 Å². The second kappa shape index (κ2) is 14.4. The van der Waals surface area contributed by atoms with Gasteiger partial charge in [0, 0.05) is 18.7 Å². The van der Waals surface area contributed by atoms with Crippen molar-refractivity contribution in [1.29, 1.82) is 0 Å². The third-order valence-corrected chi connectivity index (χ3v) is 8.57. The lowest BCUT2D eigenvalue weighted by Gasteiger charge is -2.33. The highest BCUT2D eigenvalue weighted by atomic mass is 32.2. The summed E-state index contributed by atoms with van der Waals surface area (Å²) in [7, 11) is -1.47. The predicted molar refractivity (Wildman–Crippen MR) is 164 cm³/mol. The van der Waals surface area contributed by atoms with Crippen molar-refractivity contribution in [2.75, 3.05) is 25.1 Å². The van der Waals surface area contributed by atoms with Crippen LogP contribution in [0.4, 0.5) is 10.1 Å². The first-order valence-electron chi connectivity index (χ1n) is 14.0. The van der Waals surface area contributed by atoms with Gasteiger partial charge in [0.2, 0.25) is 11.8 Å². The summed E-state index contributed by atoms with van der Waals surface area (Å²) >= 11 is 0. The first kappa shape index (κ1) is 33.4. The zero-order valence-corrected chi connectivity index (χ0v) is 26.5. The Kier molecular flexibility index (Phi) is 11.2. The summed E-state index contributed by atoms with van der Waals surface area (Å²) in [6.45, 7) is 8.46. The van der Waals surface area contributed by atoms with Crippen LogP contribution in [0, 0.1) is 19.7 Å². The second-order valence-corrected chi connectivity index (χ2v) is 12.5. The SMILES string of the molecule is CCC(C(=O)NC(C)C)N(Cc1ccc(F)cc1)C(=O)CN(c1cc(C)cc(C)c1)S(=O)(=O)c1ccc(OC)c(OC)c1. The van der Waals surface area contributed by atoms with Gasteiger partial charge in [0.1, 0.15) is 18.4 Å². The fourth-order valence-corrected chi connectivity index (χ4v) is 6.23. The van der Waals surface area contributed by atoms with Crippen LogP contribution in [-0.4, -0.2) is 58.0 Å². The van der Waals surface area contributed by atoms with Crippen LogP contribution >= 0.6 is 0 Å². The molecule has 0 aliphatic carbocycles. The Hall–Kier alpha value is -4.12. The predicted octanol–water partition coefficient (Wildman–Crippen LogP) is 4.99. The Morgan fingerprint density at radius 1 is 0.907 bits per heavy atom. The van der Waals surface area contributed by atoms with Crippen LogP contribution in [0.25, 0.3) is 0 Å². The number of hydrogen-bond donors (Lipinski definition) is 1. The summed E-state index contributed by atoms with van der Waals surface area (Å²) in [6.07, 6.45) is 0.275.